The van der Waals surface area contributed by atoms with Crippen molar-refractivity contribution in [2.75, 3.05) is 0 Å². The Morgan fingerprint density at radius 2 is 1.79 bits per heavy atom. The number of aliphatic hydroxyl groups is 1. The molecule has 5 rings (SSSR count). The molecule has 1 N–H and O–H groups in total. The number of fused-ring (bicyclic) bond motifs is 5. The predicted molar refractivity (Wildman–Crippen MR) is 142 cm³/mol. The van der Waals surface area contributed by atoms with Gasteiger partial charge in [0.05, 0.1) is 5.60 Å². The van der Waals surface area contributed by atoms with Gasteiger partial charge in [-0.3, -0.25) is 0 Å². The normalized spacial score (nSPS) is 43.5. The first-order valence-electron chi connectivity index (χ1n) is 13.4. The Morgan fingerprint density at radius 3 is 2.45 bits per heavy atom. The van der Waals surface area contributed by atoms with Crippen LogP contribution in [0.1, 0.15) is 91.5 Å². The molecule has 2 nitrogen and oxygen atoms in total. The van der Waals surface area contributed by atoms with Crippen LogP contribution in [-0.4, -0.2) is 19.5 Å². The second-order valence-corrected chi connectivity index (χ2v) is 19.4. The van der Waals surface area contributed by atoms with E-state index < -0.39 is 13.9 Å². The molecule has 33 heavy (non-hydrogen) atoms. The van der Waals surface area contributed by atoms with Crippen molar-refractivity contribution in [1.29, 1.82) is 0 Å². The summed E-state index contributed by atoms with van der Waals surface area (Å²) in [5.74, 6) is 2.13. The molecule has 1 aromatic heterocycles. The molecule has 4 aliphatic rings. The molecule has 0 radical (unpaired) electrons. The first-order chi connectivity index (χ1) is 15.3. The Balaban J connectivity index is 1.38. The van der Waals surface area contributed by atoms with E-state index in [0.29, 0.717) is 17.4 Å². The molecular formula is C29H46O2SSi. The lowest BCUT2D eigenvalue weighted by molar-refractivity contribution is -0.129. The lowest BCUT2D eigenvalue weighted by Crippen LogP contribution is -2.54. The maximum absolute atomic E-state index is 12.0. The summed E-state index contributed by atoms with van der Waals surface area (Å²) in [7, 11) is -1.73. The summed E-state index contributed by atoms with van der Waals surface area (Å²) < 4.78 is 6.89. The van der Waals surface area contributed by atoms with E-state index in [0.717, 1.165) is 31.1 Å². The molecule has 0 aromatic carbocycles. The molecule has 1 aromatic rings. The molecule has 7 atom stereocenters. The molecular weight excluding hydrogens is 440 g/mol. The minimum atomic E-state index is -1.73. The standard InChI is InChI=1S/C29H46O2SSi/c1-26(2,3)33(6,7)31-22-10-14-27(4)20(18-22)8-9-23-24(27)11-15-28(5)25(23)12-16-29(28,30)21-13-17-32-19-21/h8,13,17,19,22-25,30H,9-12,14-16,18H2,1-7H3/t22-,23+,24-,25-,27-,28-,29+/m0/s1. The predicted octanol–water partition coefficient (Wildman–Crippen LogP) is 8.29. The molecule has 0 bridgehead atoms. The fourth-order valence-corrected chi connectivity index (χ4v) is 10.4. The highest BCUT2D eigenvalue weighted by Gasteiger charge is 2.64. The van der Waals surface area contributed by atoms with E-state index in [4.69, 9.17) is 4.43 Å². The lowest BCUT2D eigenvalue weighted by Gasteiger charge is -2.59. The third-order valence-corrected chi connectivity index (χ3v) is 16.7. The highest BCUT2D eigenvalue weighted by atomic mass is 32.1. The first kappa shape index (κ1) is 24.3. The van der Waals surface area contributed by atoms with Crippen LogP contribution in [0.5, 0.6) is 0 Å². The van der Waals surface area contributed by atoms with Gasteiger partial charge in [0.2, 0.25) is 0 Å². The number of hydrogen-bond donors (Lipinski definition) is 1. The summed E-state index contributed by atoms with van der Waals surface area (Å²) in [6.45, 7) is 16.9. The fourth-order valence-electron chi connectivity index (χ4n) is 8.31. The third-order valence-electron chi connectivity index (χ3n) is 11.5. The van der Waals surface area contributed by atoms with Crippen molar-refractivity contribution in [2.24, 2.45) is 28.6 Å². The summed E-state index contributed by atoms with van der Waals surface area (Å²) in [5.41, 5.74) is 2.59. The van der Waals surface area contributed by atoms with Crippen LogP contribution in [0.25, 0.3) is 0 Å². The zero-order chi connectivity index (χ0) is 23.9. The van der Waals surface area contributed by atoms with Crippen molar-refractivity contribution in [3.05, 3.63) is 34.0 Å². The minimum absolute atomic E-state index is 0.0135. The van der Waals surface area contributed by atoms with E-state index in [1.807, 2.05) is 0 Å². The maximum atomic E-state index is 12.0. The largest absolute Gasteiger partial charge is 0.414 e. The molecule has 3 fully saturated rings. The van der Waals surface area contributed by atoms with Crippen LogP contribution in [0.4, 0.5) is 0 Å². The number of allylic oxidation sites excluding steroid dienone is 1. The smallest absolute Gasteiger partial charge is 0.192 e. The van der Waals surface area contributed by atoms with Gasteiger partial charge in [0.25, 0.3) is 0 Å². The average molecular weight is 487 g/mol. The van der Waals surface area contributed by atoms with Crippen LogP contribution >= 0.6 is 11.3 Å². The van der Waals surface area contributed by atoms with Crippen molar-refractivity contribution in [3.8, 4) is 0 Å². The molecule has 3 saturated carbocycles. The number of thiophene rings is 1. The number of rotatable bonds is 3. The van der Waals surface area contributed by atoms with Gasteiger partial charge in [0, 0.05) is 11.5 Å². The SMILES string of the molecule is CC(C)(C)[Si](C)(C)O[C@H]1CC[C@@]2(C)C(=CC[C@@H]3[C@@H]2CC[C@@]2(C)[C@H]3CC[C@@]2(O)c2ccsc2)C1. The summed E-state index contributed by atoms with van der Waals surface area (Å²) in [5, 5.41) is 16.6. The Labute approximate surface area is 207 Å². The van der Waals surface area contributed by atoms with Crippen LogP contribution in [-0.2, 0) is 10.0 Å². The Morgan fingerprint density at radius 1 is 1.06 bits per heavy atom. The molecule has 0 aliphatic heterocycles. The Hall–Kier alpha value is -0.423. The number of hydrogen-bond acceptors (Lipinski definition) is 3. The van der Waals surface area contributed by atoms with Gasteiger partial charge in [0.1, 0.15) is 0 Å². The van der Waals surface area contributed by atoms with Gasteiger partial charge in [-0.05, 0) is 115 Å². The van der Waals surface area contributed by atoms with E-state index in [1.54, 1.807) is 16.9 Å². The van der Waals surface area contributed by atoms with Crippen LogP contribution in [0.3, 0.4) is 0 Å². The van der Waals surface area contributed by atoms with Crippen molar-refractivity contribution in [1.82, 2.24) is 0 Å². The van der Waals surface area contributed by atoms with E-state index in [1.165, 1.54) is 37.7 Å². The fraction of sp³-hybridized carbons (Fsp3) is 0.793. The molecule has 4 aliphatic carbocycles. The van der Waals surface area contributed by atoms with Gasteiger partial charge < -0.3 is 9.53 Å². The van der Waals surface area contributed by atoms with Gasteiger partial charge in [-0.25, -0.2) is 0 Å². The van der Waals surface area contributed by atoms with Gasteiger partial charge in [-0.1, -0.05) is 46.3 Å². The minimum Gasteiger partial charge on any atom is -0.414 e. The van der Waals surface area contributed by atoms with E-state index >= 15 is 0 Å². The summed E-state index contributed by atoms with van der Waals surface area (Å²) >= 11 is 1.73. The summed E-state index contributed by atoms with van der Waals surface area (Å²) in [6, 6.07) is 2.17. The maximum Gasteiger partial charge on any atom is 0.192 e. The molecule has 0 spiro atoms. The van der Waals surface area contributed by atoms with Crippen LogP contribution in [0, 0.1) is 28.6 Å². The highest BCUT2D eigenvalue weighted by molar-refractivity contribution is 7.08. The molecule has 0 unspecified atom stereocenters. The third kappa shape index (κ3) is 3.52. The molecule has 1 heterocycles. The second kappa shape index (κ2) is 7.79. The van der Waals surface area contributed by atoms with Gasteiger partial charge in [0.15, 0.2) is 8.32 Å². The topological polar surface area (TPSA) is 29.5 Å². The zero-order valence-electron chi connectivity index (χ0n) is 22.0. The molecule has 184 valence electrons. The van der Waals surface area contributed by atoms with Gasteiger partial charge >= 0.3 is 0 Å². The van der Waals surface area contributed by atoms with Gasteiger partial charge in [-0.15, -0.1) is 0 Å². The monoisotopic (exact) mass is 486 g/mol. The van der Waals surface area contributed by atoms with Crippen molar-refractivity contribution in [3.63, 3.8) is 0 Å². The van der Waals surface area contributed by atoms with Crippen molar-refractivity contribution < 1.29 is 9.53 Å². The Bertz CT molecular complexity index is 915. The second-order valence-electron chi connectivity index (χ2n) is 13.9. The molecule has 4 heteroatoms. The first-order valence-corrected chi connectivity index (χ1v) is 17.3. The van der Waals surface area contributed by atoms with Crippen molar-refractivity contribution in [2.45, 2.75) is 116 Å². The molecule has 0 amide bonds. The Kier molecular flexibility index (Phi) is 5.73. The van der Waals surface area contributed by atoms with Gasteiger partial charge in [-0.2, -0.15) is 11.3 Å². The zero-order valence-corrected chi connectivity index (χ0v) is 23.9. The van der Waals surface area contributed by atoms with Crippen LogP contribution in [0.2, 0.25) is 18.1 Å². The lowest BCUT2D eigenvalue weighted by atomic mass is 9.46. The van der Waals surface area contributed by atoms with Crippen LogP contribution in [0.15, 0.2) is 28.5 Å². The van der Waals surface area contributed by atoms with Crippen molar-refractivity contribution >= 4 is 19.7 Å². The summed E-state index contributed by atoms with van der Waals surface area (Å²) in [4.78, 5) is 0. The average Bonchev–Trinajstić information content (AvgIpc) is 3.35. The van der Waals surface area contributed by atoms with E-state index in [-0.39, 0.29) is 10.5 Å². The summed E-state index contributed by atoms with van der Waals surface area (Å²) in [6.07, 6.45) is 12.4. The molecule has 0 saturated heterocycles. The quantitative estimate of drug-likeness (QED) is 0.344. The van der Waals surface area contributed by atoms with E-state index in [9.17, 15) is 5.11 Å². The highest BCUT2D eigenvalue weighted by Crippen LogP contribution is 2.69. The van der Waals surface area contributed by atoms with Crippen LogP contribution < -0.4 is 0 Å². The van der Waals surface area contributed by atoms with E-state index in [2.05, 4.69) is 70.6 Å².